The third kappa shape index (κ3) is 5.07. The van der Waals surface area contributed by atoms with Crippen LogP contribution in [0.3, 0.4) is 0 Å². The van der Waals surface area contributed by atoms with E-state index < -0.39 is 0 Å². The highest BCUT2D eigenvalue weighted by Gasteiger charge is 2.06. The number of rotatable bonds is 7. The fourth-order valence-electron chi connectivity index (χ4n) is 2.49. The predicted molar refractivity (Wildman–Crippen MR) is 104 cm³/mol. The minimum Gasteiger partial charge on any atom is -0.491 e. The Kier molecular flexibility index (Phi) is 6.22. The van der Waals surface area contributed by atoms with Gasteiger partial charge >= 0.3 is 6.03 Å². The molecule has 0 unspecified atom stereocenters. The number of hydrogen-bond donors (Lipinski definition) is 2. The molecule has 3 aromatic rings. The van der Waals surface area contributed by atoms with Gasteiger partial charge in [0, 0.05) is 16.6 Å². The van der Waals surface area contributed by atoms with E-state index in [0.717, 1.165) is 26.8 Å². The maximum absolute atomic E-state index is 11.8. The number of thiazole rings is 1. The third-order valence-electron chi connectivity index (χ3n) is 3.71. The first kappa shape index (κ1) is 17.9. The first-order valence-electron chi connectivity index (χ1n) is 8.42. The molecule has 0 aliphatic heterocycles. The lowest BCUT2D eigenvalue weighted by Crippen LogP contribution is -2.37. The Morgan fingerprint density at radius 3 is 2.62 bits per heavy atom. The van der Waals surface area contributed by atoms with Crippen LogP contribution in [-0.4, -0.2) is 24.2 Å². The molecule has 3 rings (SSSR count). The van der Waals surface area contributed by atoms with Crippen molar-refractivity contribution in [3.8, 4) is 16.9 Å². The summed E-state index contributed by atoms with van der Waals surface area (Å²) in [5.74, 6) is 0.807. The SMILES string of the molecule is Cc1ncc(CNC(=O)NCCOc2ccccc2-c2ccccc2)s1. The Labute approximate surface area is 157 Å². The van der Waals surface area contributed by atoms with Crippen molar-refractivity contribution in [2.24, 2.45) is 0 Å². The second-order valence-corrected chi connectivity index (χ2v) is 6.99. The maximum Gasteiger partial charge on any atom is 0.315 e. The monoisotopic (exact) mass is 367 g/mol. The zero-order chi connectivity index (χ0) is 18.2. The van der Waals surface area contributed by atoms with E-state index in [1.165, 1.54) is 0 Å². The Hall–Kier alpha value is -2.86. The van der Waals surface area contributed by atoms with Gasteiger partial charge in [0.05, 0.1) is 18.1 Å². The van der Waals surface area contributed by atoms with Crippen molar-refractivity contribution in [2.75, 3.05) is 13.2 Å². The van der Waals surface area contributed by atoms with Crippen LogP contribution in [0.25, 0.3) is 11.1 Å². The van der Waals surface area contributed by atoms with Gasteiger partial charge in [-0.15, -0.1) is 11.3 Å². The van der Waals surface area contributed by atoms with E-state index >= 15 is 0 Å². The van der Waals surface area contributed by atoms with E-state index in [4.69, 9.17) is 4.74 Å². The van der Waals surface area contributed by atoms with Gasteiger partial charge in [0.1, 0.15) is 12.4 Å². The van der Waals surface area contributed by atoms with Crippen molar-refractivity contribution >= 4 is 17.4 Å². The molecule has 6 heteroatoms. The number of ether oxygens (including phenoxy) is 1. The number of aromatic nitrogens is 1. The fraction of sp³-hybridized carbons (Fsp3) is 0.200. The number of nitrogens with one attached hydrogen (secondary N) is 2. The van der Waals surface area contributed by atoms with E-state index in [1.54, 1.807) is 17.5 Å². The average Bonchev–Trinajstić information content (AvgIpc) is 3.10. The Balaban J connectivity index is 1.44. The minimum absolute atomic E-state index is 0.212. The fourth-order valence-corrected chi connectivity index (χ4v) is 3.23. The Bertz CT molecular complexity index is 849. The van der Waals surface area contributed by atoms with Crippen LogP contribution in [0.4, 0.5) is 4.79 Å². The van der Waals surface area contributed by atoms with Crippen molar-refractivity contribution in [3.05, 3.63) is 70.7 Å². The molecule has 0 bridgehead atoms. The van der Waals surface area contributed by atoms with E-state index in [-0.39, 0.29) is 6.03 Å². The number of benzene rings is 2. The Morgan fingerprint density at radius 1 is 1.08 bits per heavy atom. The van der Waals surface area contributed by atoms with Crippen LogP contribution in [0.1, 0.15) is 9.88 Å². The summed E-state index contributed by atoms with van der Waals surface area (Å²) in [5, 5.41) is 6.60. The summed E-state index contributed by atoms with van der Waals surface area (Å²) in [6.07, 6.45) is 1.78. The number of hydrogen-bond acceptors (Lipinski definition) is 4. The quantitative estimate of drug-likeness (QED) is 0.621. The summed E-state index contributed by atoms with van der Waals surface area (Å²) in [6.45, 7) is 3.25. The smallest absolute Gasteiger partial charge is 0.315 e. The number of amides is 2. The van der Waals surface area contributed by atoms with Gasteiger partial charge in [-0.25, -0.2) is 9.78 Å². The number of nitrogens with zero attached hydrogens (tertiary/aromatic N) is 1. The normalized spacial score (nSPS) is 10.3. The standard InChI is InChI=1S/C20H21N3O2S/c1-15-22-13-17(26-15)14-23-20(24)21-11-12-25-19-10-6-5-9-18(19)16-7-3-2-4-8-16/h2-10,13H,11-12,14H2,1H3,(H2,21,23,24). The van der Waals surface area contributed by atoms with E-state index in [2.05, 4.69) is 27.8 Å². The number of carbonyl (C=O) groups excluding carboxylic acids is 1. The predicted octanol–water partition coefficient (Wildman–Crippen LogP) is 4.00. The maximum atomic E-state index is 11.8. The van der Waals surface area contributed by atoms with Gasteiger partial charge in [0.2, 0.25) is 0 Å². The highest BCUT2D eigenvalue weighted by molar-refractivity contribution is 7.11. The molecule has 134 valence electrons. The van der Waals surface area contributed by atoms with E-state index in [9.17, 15) is 4.79 Å². The Morgan fingerprint density at radius 2 is 1.85 bits per heavy atom. The van der Waals surface area contributed by atoms with Gasteiger partial charge in [-0.3, -0.25) is 0 Å². The van der Waals surface area contributed by atoms with Gasteiger partial charge < -0.3 is 15.4 Å². The van der Waals surface area contributed by atoms with Crippen LogP contribution in [0.15, 0.2) is 60.8 Å². The number of para-hydroxylation sites is 1. The van der Waals surface area contributed by atoms with Crippen molar-refractivity contribution in [1.82, 2.24) is 15.6 Å². The van der Waals surface area contributed by atoms with Gasteiger partial charge in [-0.2, -0.15) is 0 Å². The van der Waals surface area contributed by atoms with Crippen LogP contribution in [0.5, 0.6) is 5.75 Å². The van der Waals surface area contributed by atoms with Crippen molar-refractivity contribution < 1.29 is 9.53 Å². The second kappa shape index (κ2) is 9.01. The molecule has 1 heterocycles. The molecule has 0 aliphatic carbocycles. The van der Waals surface area contributed by atoms with E-state index in [1.807, 2.05) is 49.4 Å². The minimum atomic E-state index is -0.212. The molecule has 0 atom stereocenters. The van der Waals surface area contributed by atoms with Crippen LogP contribution in [0.2, 0.25) is 0 Å². The number of carbonyl (C=O) groups is 1. The first-order chi connectivity index (χ1) is 12.7. The molecule has 2 amide bonds. The third-order valence-corrected chi connectivity index (χ3v) is 4.62. The van der Waals surface area contributed by atoms with E-state index in [0.29, 0.717) is 19.7 Å². The van der Waals surface area contributed by atoms with Crippen LogP contribution in [0, 0.1) is 6.92 Å². The van der Waals surface area contributed by atoms with Crippen molar-refractivity contribution in [3.63, 3.8) is 0 Å². The highest BCUT2D eigenvalue weighted by atomic mass is 32.1. The summed E-state index contributed by atoms with van der Waals surface area (Å²) < 4.78 is 5.86. The molecule has 0 saturated carbocycles. The molecule has 0 radical (unpaired) electrons. The number of aryl methyl sites for hydroxylation is 1. The summed E-state index contributed by atoms with van der Waals surface area (Å²) in [4.78, 5) is 17.0. The molecule has 5 nitrogen and oxygen atoms in total. The lowest BCUT2D eigenvalue weighted by atomic mass is 10.1. The molecular formula is C20H21N3O2S. The molecule has 2 N–H and O–H groups in total. The lowest BCUT2D eigenvalue weighted by molar-refractivity contribution is 0.236. The van der Waals surface area contributed by atoms with Gasteiger partial charge in [0.15, 0.2) is 0 Å². The molecule has 0 fully saturated rings. The largest absolute Gasteiger partial charge is 0.491 e. The summed E-state index contributed by atoms with van der Waals surface area (Å²) in [6, 6.07) is 17.8. The topological polar surface area (TPSA) is 63.2 Å². The average molecular weight is 367 g/mol. The zero-order valence-corrected chi connectivity index (χ0v) is 15.4. The molecule has 2 aromatic carbocycles. The molecule has 1 aromatic heterocycles. The molecular weight excluding hydrogens is 346 g/mol. The summed E-state index contributed by atoms with van der Waals surface area (Å²) in [5.41, 5.74) is 2.15. The van der Waals surface area contributed by atoms with Gasteiger partial charge in [-0.1, -0.05) is 48.5 Å². The van der Waals surface area contributed by atoms with Gasteiger partial charge in [0.25, 0.3) is 0 Å². The lowest BCUT2D eigenvalue weighted by Gasteiger charge is -2.12. The van der Waals surface area contributed by atoms with Crippen LogP contribution < -0.4 is 15.4 Å². The van der Waals surface area contributed by atoms with Gasteiger partial charge in [-0.05, 0) is 18.6 Å². The summed E-state index contributed by atoms with van der Waals surface area (Å²) in [7, 11) is 0. The molecule has 26 heavy (non-hydrogen) atoms. The highest BCUT2D eigenvalue weighted by Crippen LogP contribution is 2.29. The van der Waals surface area contributed by atoms with Crippen molar-refractivity contribution in [2.45, 2.75) is 13.5 Å². The van der Waals surface area contributed by atoms with Crippen LogP contribution >= 0.6 is 11.3 Å². The molecule has 0 aliphatic rings. The van der Waals surface area contributed by atoms with Crippen molar-refractivity contribution in [1.29, 1.82) is 0 Å². The summed E-state index contributed by atoms with van der Waals surface area (Å²) >= 11 is 1.58. The second-order valence-electron chi connectivity index (χ2n) is 5.67. The number of urea groups is 1. The zero-order valence-electron chi connectivity index (χ0n) is 14.6. The molecule has 0 saturated heterocycles. The van der Waals surface area contributed by atoms with Crippen LogP contribution in [-0.2, 0) is 6.54 Å². The molecule has 0 spiro atoms. The first-order valence-corrected chi connectivity index (χ1v) is 9.24.